The number of rotatable bonds is 5. The van der Waals surface area contributed by atoms with Crippen LogP contribution in [0.1, 0.15) is 59.8 Å². The van der Waals surface area contributed by atoms with Crippen LogP contribution in [0, 0.1) is 11.3 Å². The summed E-state index contributed by atoms with van der Waals surface area (Å²) >= 11 is 0. The molecule has 5 unspecified atom stereocenters. The van der Waals surface area contributed by atoms with E-state index in [1.807, 2.05) is 0 Å². The summed E-state index contributed by atoms with van der Waals surface area (Å²) in [6.07, 6.45) is 7.09. The van der Waals surface area contributed by atoms with Crippen molar-refractivity contribution < 1.29 is 4.74 Å². The lowest BCUT2D eigenvalue weighted by atomic mass is 9.61. The zero-order chi connectivity index (χ0) is 12.5. The average Bonchev–Trinajstić information content (AvgIpc) is 2.72. The van der Waals surface area contributed by atoms with E-state index in [9.17, 15) is 0 Å². The molecular formula is C15H29NO. The van der Waals surface area contributed by atoms with E-state index in [0.717, 1.165) is 18.6 Å². The molecule has 0 aromatic carbocycles. The van der Waals surface area contributed by atoms with Crippen LogP contribution in [-0.4, -0.2) is 24.8 Å². The van der Waals surface area contributed by atoms with E-state index in [1.165, 1.54) is 32.1 Å². The maximum absolute atomic E-state index is 5.87. The molecule has 0 aromatic heterocycles. The van der Waals surface area contributed by atoms with Crippen molar-refractivity contribution in [3.8, 4) is 0 Å². The molecule has 17 heavy (non-hydrogen) atoms. The number of hydrogen-bond donors (Lipinski definition) is 1. The van der Waals surface area contributed by atoms with Crippen LogP contribution in [0.15, 0.2) is 0 Å². The van der Waals surface area contributed by atoms with Gasteiger partial charge in [-0.1, -0.05) is 27.2 Å². The fourth-order valence-electron chi connectivity index (χ4n) is 3.66. The van der Waals surface area contributed by atoms with Gasteiger partial charge in [-0.25, -0.2) is 0 Å². The molecule has 0 aliphatic heterocycles. The van der Waals surface area contributed by atoms with Gasteiger partial charge in [0.25, 0.3) is 0 Å². The molecule has 0 radical (unpaired) electrons. The second-order valence-corrected chi connectivity index (χ2v) is 6.27. The summed E-state index contributed by atoms with van der Waals surface area (Å²) < 4.78 is 5.87. The Balaban J connectivity index is 1.90. The minimum atomic E-state index is 0.359. The second kappa shape index (κ2) is 5.27. The van der Waals surface area contributed by atoms with Crippen LogP contribution in [0.2, 0.25) is 0 Å². The molecule has 0 saturated heterocycles. The van der Waals surface area contributed by atoms with Gasteiger partial charge >= 0.3 is 0 Å². The van der Waals surface area contributed by atoms with Crippen LogP contribution in [0.25, 0.3) is 0 Å². The second-order valence-electron chi connectivity index (χ2n) is 6.27. The summed E-state index contributed by atoms with van der Waals surface area (Å²) in [6, 6.07) is 1.43. The maximum Gasteiger partial charge on any atom is 0.0658 e. The third-order valence-corrected chi connectivity index (χ3v) is 5.39. The molecule has 2 heteroatoms. The van der Waals surface area contributed by atoms with Gasteiger partial charge in [-0.15, -0.1) is 0 Å². The van der Waals surface area contributed by atoms with Crippen molar-refractivity contribution >= 4 is 0 Å². The van der Waals surface area contributed by atoms with Gasteiger partial charge in [0.1, 0.15) is 0 Å². The Morgan fingerprint density at radius 2 is 2.06 bits per heavy atom. The Morgan fingerprint density at radius 1 is 1.29 bits per heavy atom. The topological polar surface area (TPSA) is 21.3 Å². The fraction of sp³-hybridized carbons (Fsp3) is 1.00. The monoisotopic (exact) mass is 239 g/mol. The summed E-state index contributed by atoms with van der Waals surface area (Å²) in [5.74, 6) is 0.863. The molecule has 0 aromatic rings. The highest BCUT2D eigenvalue weighted by atomic mass is 16.5. The van der Waals surface area contributed by atoms with Crippen molar-refractivity contribution in [2.24, 2.45) is 11.3 Å². The summed E-state index contributed by atoms with van der Waals surface area (Å²) in [5, 5.41) is 3.91. The average molecular weight is 239 g/mol. The smallest absolute Gasteiger partial charge is 0.0658 e. The summed E-state index contributed by atoms with van der Waals surface area (Å²) in [5.41, 5.74) is 0.359. The van der Waals surface area contributed by atoms with Crippen molar-refractivity contribution in [3.63, 3.8) is 0 Å². The van der Waals surface area contributed by atoms with Gasteiger partial charge in [-0.05, 0) is 38.5 Å². The molecule has 0 bridgehead atoms. The summed E-state index contributed by atoms with van der Waals surface area (Å²) in [6.45, 7) is 10.1. The molecule has 0 amide bonds. The highest BCUT2D eigenvalue weighted by Crippen LogP contribution is 2.46. The lowest BCUT2D eigenvalue weighted by Crippen LogP contribution is -2.64. The van der Waals surface area contributed by atoms with Crippen molar-refractivity contribution in [3.05, 3.63) is 0 Å². The Hall–Kier alpha value is -0.0800. The molecule has 2 nitrogen and oxygen atoms in total. The molecule has 1 N–H and O–H groups in total. The molecule has 2 saturated carbocycles. The first-order valence-corrected chi connectivity index (χ1v) is 7.49. The Labute approximate surface area is 107 Å². The standard InChI is InChI=1S/C15H29NO/c1-5-15(4)13(10-14(15)17-6-2)16-12-9-7-8-11(12)3/h11-14,16H,5-10H2,1-4H3. The zero-order valence-corrected chi connectivity index (χ0v) is 12.0. The molecule has 2 aliphatic rings. The molecule has 0 spiro atoms. The van der Waals surface area contributed by atoms with Crippen LogP contribution in [0.5, 0.6) is 0 Å². The maximum atomic E-state index is 5.87. The van der Waals surface area contributed by atoms with E-state index in [-0.39, 0.29) is 0 Å². The Kier molecular flexibility index (Phi) is 4.14. The first-order valence-electron chi connectivity index (χ1n) is 7.49. The normalized spacial score (nSPS) is 45.9. The van der Waals surface area contributed by atoms with Gasteiger partial charge in [0.05, 0.1) is 6.10 Å². The lowest BCUT2D eigenvalue weighted by molar-refractivity contribution is -0.128. The van der Waals surface area contributed by atoms with Crippen molar-refractivity contribution in [2.75, 3.05) is 6.61 Å². The number of nitrogens with one attached hydrogen (secondary N) is 1. The van der Waals surface area contributed by atoms with Crippen LogP contribution in [0.4, 0.5) is 0 Å². The first kappa shape index (κ1) is 13.4. The van der Waals surface area contributed by atoms with Crippen LogP contribution in [0.3, 0.4) is 0 Å². The third kappa shape index (κ3) is 2.39. The van der Waals surface area contributed by atoms with E-state index < -0.39 is 0 Å². The van der Waals surface area contributed by atoms with E-state index in [2.05, 4.69) is 33.0 Å². The molecule has 2 rings (SSSR count). The summed E-state index contributed by atoms with van der Waals surface area (Å²) in [7, 11) is 0. The lowest BCUT2D eigenvalue weighted by Gasteiger charge is -2.54. The van der Waals surface area contributed by atoms with Gasteiger partial charge in [0.2, 0.25) is 0 Å². The highest BCUT2D eigenvalue weighted by molar-refractivity contribution is 5.06. The van der Waals surface area contributed by atoms with Crippen molar-refractivity contribution in [1.82, 2.24) is 5.32 Å². The molecule has 2 fully saturated rings. The highest BCUT2D eigenvalue weighted by Gasteiger charge is 2.51. The predicted molar refractivity (Wildman–Crippen MR) is 72.2 cm³/mol. The minimum Gasteiger partial charge on any atom is -0.378 e. The van der Waals surface area contributed by atoms with Gasteiger partial charge in [-0.2, -0.15) is 0 Å². The number of ether oxygens (including phenoxy) is 1. The van der Waals surface area contributed by atoms with E-state index in [4.69, 9.17) is 4.74 Å². The van der Waals surface area contributed by atoms with Crippen LogP contribution >= 0.6 is 0 Å². The minimum absolute atomic E-state index is 0.359. The zero-order valence-electron chi connectivity index (χ0n) is 12.0. The van der Waals surface area contributed by atoms with Gasteiger partial charge in [0, 0.05) is 24.1 Å². The number of hydrogen-bond acceptors (Lipinski definition) is 2. The summed E-state index contributed by atoms with van der Waals surface area (Å²) in [4.78, 5) is 0. The van der Waals surface area contributed by atoms with Gasteiger partial charge < -0.3 is 10.1 Å². The SMILES string of the molecule is CCOC1CC(NC2CCCC2C)C1(C)CC. The molecule has 2 aliphatic carbocycles. The predicted octanol–water partition coefficient (Wildman–Crippen LogP) is 3.36. The van der Waals surface area contributed by atoms with E-state index in [0.29, 0.717) is 17.6 Å². The van der Waals surface area contributed by atoms with E-state index in [1.54, 1.807) is 0 Å². The molecule has 5 atom stereocenters. The van der Waals surface area contributed by atoms with Gasteiger partial charge in [-0.3, -0.25) is 0 Å². The Morgan fingerprint density at radius 3 is 2.59 bits per heavy atom. The first-order chi connectivity index (χ1) is 8.11. The third-order valence-electron chi connectivity index (χ3n) is 5.39. The largest absolute Gasteiger partial charge is 0.378 e. The molecular weight excluding hydrogens is 210 g/mol. The van der Waals surface area contributed by atoms with Gasteiger partial charge in [0.15, 0.2) is 0 Å². The van der Waals surface area contributed by atoms with Crippen molar-refractivity contribution in [1.29, 1.82) is 0 Å². The molecule has 0 heterocycles. The fourth-order valence-corrected chi connectivity index (χ4v) is 3.66. The Bertz CT molecular complexity index is 255. The van der Waals surface area contributed by atoms with E-state index >= 15 is 0 Å². The van der Waals surface area contributed by atoms with Crippen LogP contribution in [-0.2, 0) is 4.74 Å². The van der Waals surface area contributed by atoms with Crippen molar-refractivity contribution in [2.45, 2.75) is 78.0 Å². The quantitative estimate of drug-likeness (QED) is 0.794. The van der Waals surface area contributed by atoms with Crippen LogP contribution < -0.4 is 5.32 Å². The molecule has 100 valence electrons.